The molecule has 1 amide bonds. The van der Waals surface area contributed by atoms with Crippen LogP contribution in [0.5, 0.6) is 0 Å². The van der Waals surface area contributed by atoms with E-state index in [1.807, 2.05) is 12.1 Å². The van der Waals surface area contributed by atoms with Crippen LogP contribution in [0.1, 0.15) is 16.2 Å². The number of aliphatic hydroxyl groups excluding tert-OH is 1. The van der Waals surface area contributed by atoms with Crippen molar-refractivity contribution < 1.29 is 9.90 Å². The lowest BCUT2D eigenvalue weighted by Gasteiger charge is -2.14. The Hall–Kier alpha value is -1.92. The van der Waals surface area contributed by atoms with Crippen molar-refractivity contribution in [1.82, 2.24) is 19.9 Å². The lowest BCUT2D eigenvalue weighted by atomic mass is 10.2. The van der Waals surface area contributed by atoms with E-state index in [0.29, 0.717) is 16.4 Å². The predicted molar refractivity (Wildman–Crippen MR) is 75.2 cm³/mol. The molecule has 0 saturated heterocycles. The Morgan fingerprint density at radius 1 is 1.45 bits per heavy atom. The summed E-state index contributed by atoms with van der Waals surface area (Å²) in [5.41, 5.74) is 1.52. The molecule has 0 atom stereocenters. The van der Waals surface area contributed by atoms with E-state index in [1.54, 1.807) is 26.1 Å². The standard InChI is InChI=1S/C13H15ClN4O2/c1-9-12(13(20)17(2)7-8-19)15-16-18(9)11-6-4-3-5-10(11)14/h3-6,19H,7-8H2,1-2H3. The SMILES string of the molecule is Cc1c(C(=O)N(C)CCO)nnn1-c1ccccc1Cl. The Bertz CT molecular complexity index is 627. The second-order valence-electron chi connectivity index (χ2n) is 4.34. The molecule has 0 bridgehead atoms. The largest absolute Gasteiger partial charge is 0.395 e. The quantitative estimate of drug-likeness (QED) is 0.922. The van der Waals surface area contributed by atoms with Gasteiger partial charge < -0.3 is 10.0 Å². The van der Waals surface area contributed by atoms with Crippen molar-refractivity contribution in [2.24, 2.45) is 0 Å². The smallest absolute Gasteiger partial charge is 0.276 e. The highest BCUT2D eigenvalue weighted by atomic mass is 35.5. The van der Waals surface area contributed by atoms with Crippen LogP contribution in [0, 0.1) is 6.92 Å². The Morgan fingerprint density at radius 3 is 2.80 bits per heavy atom. The van der Waals surface area contributed by atoms with E-state index in [4.69, 9.17) is 16.7 Å². The third-order valence-corrected chi connectivity index (χ3v) is 3.28. The number of carbonyl (C=O) groups is 1. The highest BCUT2D eigenvalue weighted by molar-refractivity contribution is 6.32. The van der Waals surface area contributed by atoms with E-state index in [1.165, 1.54) is 9.58 Å². The normalized spacial score (nSPS) is 10.6. The second kappa shape index (κ2) is 6.02. The summed E-state index contributed by atoms with van der Waals surface area (Å²) in [6, 6.07) is 7.20. The summed E-state index contributed by atoms with van der Waals surface area (Å²) < 4.78 is 1.53. The van der Waals surface area contributed by atoms with E-state index >= 15 is 0 Å². The van der Waals surface area contributed by atoms with Crippen LogP contribution < -0.4 is 0 Å². The van der Waals surface area contributed by atoms with Gasteiger partial charge in [0.1, 0.15) is 0 Å². The molecule has 0 aliphatic carbocycles. The third-order valence-electron chi connectivity index (χ3n) is 2.96. The number of para-hydroxylation sites is 1. The molecule has 0 saturated carbocycles. The molecule has 0 unspecified atom stereocenters. The molecule has 0 radical (unpaired) electrons. The number of benzene rings is 1. The Morgan fingerprint density at radius 2 is 2.15 bits per heavy atom. The molecule has 20 heavy (non-hydrogen) atoms. The van der Waals surface area contributed by atoms with Crippen LogP contribution in [0.3, 0.4) is 0 Å². The van der Waals surface area contributed by atoms with Crippen molar-refractivity contribution in [2.45, 2.75) is 6.92 Å². The number of aliphatic hydroxyl groups is 1. The van der Waals surface area contributed by atoms with E-state index in [9.17, 15) is 4.79 Å². The fraction of sp³-hybridized carbons (Fsp3) is 0.308. The molecular formula is C13H15ClN4O2. The summed E-state index contributed by atoms with van der Waals surface area (Å²) >= 11 is 6.11. The van der Waals surface area contributed by atoms with Gasteiger partial charge in [-0.2, -0.15) is 0 Å². The molecule has 7 heteroatoms. The average molecular weight is 295 g/mol. The molecule has 0 fully saturated rings. The molecule has 0 spiro atoms. The fourth-order valence-electron chi connectivity index (χ4n) is 1.81. The summed E-state index contributed by atoms with van der Waals surface area (Å²) in [5, 5.41) is 17.3. The van der Waals surface area contributed by atoms with Gasteiger partial charge in [-0.05, 0) is 19.1 Å². The Labute approximate surface area is 121 Å². The van der Waals surface area contributed by atoms with Gasteiger partial charge in [-0.25, -0.2) is 4.68 Å². The van der Waals surface area contributed by atoms with Crippen LogP contribution >= 0.6 is 11.6 Å². The van der Waals surface area contributed by atoms with Gasteiger partial charge in [-0.1, -0.05) is 28.9 Å². The van der Waals surface area contributed by atoms with Gasteiger partial charge in [0.25, 0.3) is 5.91 Å². The van der Waals surface area contributed by atoms with Gasteiger partial charge in [-0.3, -0.25) is 4.79 Å². The Kier molecular flexibility index (Phi) is 4.36. The maximum atomic E-state index is 12.2. The van der Waals surface area contributed by atoms with E-state index in [0.717, 1.165) is 0 Å². The number of amides is 1. The van der Waals surface area contributed by atoms with Crippen LogP contribution in [0.4, 0.5) is 0 Å². The highest BCUT2D eigenvalue weighted by Gasteiger charge is 2.21. The predicted octanol–water partition coefficient (Wildman–Crippen LogP) is 1.29. The zero-order valence-corrected chi connectivity index (χ0v) is 12.0. The van der Waals surface area contributed by atoms with Crippen molar-refractivity contribution in [2.75, 3.05) is 20.2 Å². The van der Waals surface area contributed by atoms with Crippen molar-refractivity contribution >= 4 is 17.5 Å². The van der Waals surface area contributed by atoms with Crippen LogP contribution in [-0.2, 0) is 0 Å². The van der Waals surface area contributed by atoms with Gasteiger partial charge >= 0.3 is 0 Å². The van der Waals surface area contributed by atoms with E-state index in [2.05, 4.69) is 10.3 Å². The number of carbonyl (C=O) groups excluding carboxylic acids is 1. The van der Waals surface area contributed by atoms with Gasteiger partial charge in [-0.15, -0.1) is 5.10 Å². The lowest BCUT2D eigenvalue weighted by Crippen LogP contribution is -2.30. The molecule has 1 N–H and O–H groups in total. The summed E-state index contributed by atoms with van der Waals surface area (Å²) in [6.07, 6.45) is 0. The summed E-state index contributed by atoms with van der Waals surface area (Å²) in [6.45, 7) is 1.90. The first kappa shape index (κ1) is 14.5. The number of rotatable bonds is 4. The maximum absolute atomic E-state index is 12.2. The number of hydrogen-bond donors (Lipinski definition) is 1. The highest BCUT2D eigenvalue weighted by Crippen LogP contribution is 2.21. The lowest BCUT2D eigenvalue weighted by molar-refractivity contribution is 0.0760. The molecular weight excluding hydrogens is 280 g/mol. The first-order chi connectivity index (χ1) is 9.56. The summed E-state index contributed by atoms with van der Waals surface area (Å²) in [4.78, 5) is 13.5. The van der Waals surface area contributed by atoms with Crippen LogP contribution in [0.15, 0.2) is 24.3 Å². The number of nitrogens with zero attached hydrogens (tertiary/aromatic N) is 4. The van der Waals surface area contributed by atoms with Crippen molar-refractivity contribution in [3.63, 3.8) is 0 Å². The summed E-state index contributed by atoms with van der Waals surface area (Å²) in [7, 11) is 1.60. The number of halogens is 1. The Balaban J connectivity index is 2.37. The summed E-state index contributed by atoms with van der Waals surface area (Å²) in [5.74, 6) is -0.283. The molecule has 1 heterocycles. The third kappa shape index (κ3) is 2.66. The van der Waals surface area contributed by atoms with E-state index in [-0.39, 0.29) is 24.8 Å². The molecule has 0 aliphatic heterocycles. The maximum Gasteiger partial charge on any atom is 0.276 e. The molecule has 2 aromatic rings. The minimum absolute atomic E-state index is 0.0973. The van der Waals surface area contributed by atoms with Crippen molar-refractivity contribution in [1.29, 1.82) is 0 Å². The zero-order chi connectivity index (χ0) is 14.7. The first-order valence-electron chi connectivity index (χ1n) is 6.09. The van der Waals surface area contributed by atoms with Crippen molar-refractivity contribution in [3.05, 3.63) is 40.7 Å². The second-order valence-corrected chi connectivity index (χ2v) is 4.74. The van der Waals surface area contributed by atoms with Gasteiger partial charge in [0.15, 0.2) is 5.69 Å². The molecule has 6 nitrogen and oxygen atoms in total. The number of aromatic nitrogens is 3. The monoisotopic (exact) mass is 294 g/mol. The van der Waals surface area contributed by atoms with Crippen LogP contribution in [0.25, 0.3) is 5.69 Å². The molecule has 1 aromatic carbocycles. The minimum Gasteiger partial charge on any atom is -0.395 e. The number of likely N-dealkylation sites (N-methyl/N-ethyl adjacent to an activating group) is 1. The van der Waals surface area contributed by atoms with Crippen LogP contribution in [0.2, 0.25) is 5.02 Å². The number of hydrogen-bond acceptors (Lipinski definition) is 4. The topological polar surface area (TPSA) is 71.2 Å². The first-order valence-corrected chi connectivity index (χ1v) is 6.47. The van der Waals surface area contributed by atoms with Gasteiger partial charge in [0.2, 0.25) is 0 Å². The molecule has 1 aromatic heterocycles. The minimum atomic E-state index is -0.283. The van der Waals surface area contributed by atoms with E-state index < -0.39 is 0 Å². The average Bonchev–Trinajstić information content (AvgIpc) is 2.80. The molecule has 2 rings (SSSR count). The van der Waals surface area contributed by atoms with Crippen LogP contribution in [-0.4, -0.2) is 51.1 Å². The zero-order valence-electron chi connectivity index (χ0n) is 11.2. The molecule has 106 valence electrons. The van der Waals surface area contributed by atoms with Gasteiger partial charge in [0, 0.05) is 13.6 Å². The van der Waals surface area contributed by atoms with Crippen molar-refractivity contribution in [3.8, 4) is 5.69 Å². The molecule has 0 aliphatic rings. The van der Waals surface area contributed by atoms with Gasteiger partial charge in [0.05, 0.1) is 23.0 Å². The fourth-order valence-corrected chi connectivity index (χ4v) is 2.03.